The normalized spacial score (nSPS) is 41.2. The Morgan fingerprint density at radius 2 is 1.53 bits per heavy atom. The van der Waals surface area contributed by atoms with E-state index in [-0.39, 0.29) is 0 Å². The molecule has 0 aliphatic heterocycles. The van der Waals surface area contributed by atoms with Crippen LogP contribution in [0.25, 0.3) is 0 Å². The molecule has 4 rings (SSSR count). The van der Waals surface area contributed by atoms with Crippen molar-refractivity contribution in [3.63, 3.8) is 0 Å². The third-order valence-electron chi connectivity index (χ3n) is 10.8. The molecule has 4 aliphatic carbocycles. The van der Waals surface area contributed by atoms with Crippen LogP contribution in [0.5, 0.6) is 0 Å². The maximum absolute atomic E-state index is 6.82. The second-order valence-corrected chi connectivity index (χ2v) is 22.4. The van der Waals surface area contributed by atoms with Gasteiger partial charge in [0, 0.05) is 12.2 Å². The first-order chi connectivity index (χ1) is 16.0. The summed E-state index contributed by atoms with van der Waals surface area (Å²) in [5.74, 6) is 5.52. The van der Waals surface area contributed by atoms with Crippen LogP contribution >= 0.6 is 0 Å². The highest BCUT2D eigenvalue weighted by Crippen LogP contribution is 2.65. The summed E-state index contributed by atoms with van der Waals surface area (Å²) < 4.78 is 13.6. The van der Waals surface area contributed by atoms with Crippen LogP contribution in [-0.2, 0) is 8.85 Å². The lowest BCUT2D eigenvalue weighted by Crippen LogP contribution is -2.51. The second-order valence-electron chi connectivity index (χ2n) is 14.0. The Morgan fingerprint density at radius 3 is 2.24 bits per heavy atom. The number of rotatable bonds is 9. The standard InChI is InChI=1S/C30H54O2Si2/c1-9-19-33(5,6)31-22(3)28-15-16-29-27-13-11-23-21-24(32-34(7,8)20-10-2)12-14-25(23)26(27)17-18-30(28,29)4/h9-10,22-29H,1-2,11-21H2,3-8H3/t22-,23-,24-,25?,26?,27?,28+,29?,30+/m0/s1. The third kappa shape index (κ3) is 5.40. The van der Waals surface area contributed by atoms with E-state index in [2.05, 4.69) is 65.3 Å². The van der Waals surface area contributed by atoms with Crippen LogP contribution in [0.4, 0.5) is 0 Å². The van der Waals surface area contributed by atoms with Gasteiger partial charge in [-0.15, -0.1) is 13.2 Å². The van der Waals surface area contributed by atoms with Crippen LogP contribution in [-0.4, -0.2) is 28.8 Å². The van der Waals surface area contributed by atoms with Crippen molar-refractivity contribution in [1.82, 2.24) is 0 Å². The molecule has 0 aromatic carbocycles. The van der Waals surface area contributed by atoms with Gasteiger partial charge in [-0.05, 0) is 144 Å². The van der Waals surface area contributed by atoms with Crippen molar-refractivity contribution in [2.45, 2.75) is 122 Å². The third-order valence-corrected chi connectivity index (χ3v) is 15.3. The van der Waals surface area contributed by atoms with Crippen molar-refractivity contribution in [2.75, 3.05) is 0 Å². The number of fused-ring (bicyclic) bond motifs is 5. The fourth-order valence-corrected chi connectivity index (χ4v) is 13.4. The smallest absolute Gasteiger partial charge is 0.190 e. The highest BCUT2D eigenvalue weighted by molar-refractivity contribution is 6.72. The van der Waals surface area contributed by atoms with E-state index in [4.69, 9.17) is 8.85 Å². The van der Waals surface area contributed by atoms with Crippen molar-refractivity contribution >= 4 is 16.6 Å². The molecule has 194 valence electrons. The Morgan fingerprint density at radius 1 is 0.853 bits per heavy atom. The molecule has 2 nitrogen and oxygen atoms in total. The first-order valence-electron chi connectivity index (χ1n) is 14.6. The molecule has 9 atom stereocenters. The first kappa shape index (κ1) is 26.9. The van der Waals surface area contributed by atoms with Gasteiger partial charge in [0.2, 0.25) is 0 Å². The Balaban J connectivity index is 1.39. The summed E-state index contributed by atoms with van der Waals surface area (Å²) >= 11 is 0. The van der Waals surface area contributed by atoms with E-state index >= 15 is 0 Å². The molecule has 0 spiro atoms. The molecule has 0 bridgehead atoms. The molecule has 0 radical (unpaired) electrons. The van der Waals surface area contributed by atoms with Gasteiger partial charge in [0.15, 0.2) is 16.6 Å². The van der Waals surface area contributed by atoms with Crippen LogP contribution in [0.1, 0.15) is 71.6 Å². The second kappa shape index (κ2) is 10.3. The lowest BCUT2D eigenvalue weighted by molar-refractivity contribution is -0.0856. The van der Waals surface area contributed by atoms with Gasteiger partial charge in [-0.3, -0.25) is 0 Å². The zero-order chi connectivity index (χ0) is 24.7. The quantitative estimate of drug-likeness (QED) is 0.231. The SMILES string of the molecule is C=CC[Si](C)(C)O[C@H]1CCC2C3CC[C@@]4(C)C(CC[C@@H]4[C@H](C)O[Si](C)(C)CC=C)C3CC[C@H]2C1. The van der Waals surface area contributed by atoms with E-state index in [9.17, 15) is 0 Å². The largest absolute Gasteiger partial charge is 0.414 e. The first-order valence-corrected chi connectivity index (χ1v) is 20.8. The fraction of sp³-hybridized carbons (Fsp3) is 0.867. The minimum atomic E-state index is -1.64. The summed E-state index contributed by atoms with van der Waals surface area (Å²) in [5, 5.41) is 0. The fourth-order valence-electron chi connectivity index (χ4n) is 9.56. The molecule has 4 saturated carbocycles. The summed E-state index contributed by atoms with van der Waals surface area (Å²) in [6, 6.07) is 2.15. The van der Waals surface area contributed by atoms with Gasteiger partial charge in [0.1, 0.15) is 0 Å². The van der Waals surface area contributed by atoms with Gasteiger partial charge in [-0.25, -0.2) is 0 Å². The maximum atomic E-state index is 6.82. The average molecular weight is 503 g/mol. The summed E-state index contributed by atoms with van der Waals surface area (Å²) in [6.45, 7) is 22.5. The maximum Gasteiger partial charge on any atom is 0.190 e. The van der Waals surface area contributed by atoms with Crippen molar-refractivity contribution in [2.24, 2.45) is 40.9 Å². The molecule has 0 aromatic heterocycles. The predicted octanol–water partition coefficient (Wildman–Crippen LogP) is 8.83. The highest BCUT2D eigenvalue weighted by atomic mass is 28.4. The zero-order valence-corrected chi connectivity index (χ0v) is 25.3. The molecule has 0 heterocycles. The van der Waals surface area contributed by atoms with E-state index in [1.165, 1.54) is 57.8 Å². The molecule has 4 fully saturated rings. The van der Waals surface area contributed by atoms with Gasteiger partial charge < -0.3 is 8.85 Å². The van der Waals surface area contributed by atoms with Gasteiger partial charge in [0.25, 0.3) is 0 Å². The number of hydrogen-bond donors (Lipinski definition) is 0. The Hall–Kier alpha value is -0.166. The molecule has 0 N–H and O–H groups in total. The van der Waals surface area contributed by atoms with Crippen molar-refractivity contribution < 1.29 is 8.85 Å². The van der Waals surface area contributed by atoms with E-state index < -0.39 is 16.6 Å². The lowest BCUT2D eigenvalue weighted by atomic mass is 9.49. The summed E-state index contributed by atoms with van der Waals surface area (Å²) in [5.41, 5.74) is 0.493. The van der Waals surface area contributed by atoms with Crippen LogP contribution < -0.4 is 0 Å². The molecule has 0 saturated heterocycles. The van der Waals surface area contributed by atoms with E-state index in [1.807, 2.05) is 0 Å². The Labute approximate surface area is 213 Å². The van der Waals surface area contributed by atoms with E-state index in [1.54, 1.807) is 0 Å². The summed E-state index contributed by atoms with van der Waals surface area (Å²) in [7, 11) is -3.23. The zero-order valence-electron chi connectivity index (χ0n) is 23.3. The van der Waals surface area contributed by atoms with Crippen molar-refractivity contribution in [1.29, 1.82) is 0 Å². The molecule has 4 aliphatic rings. The molecule has 4 unspecified atom stereocenters. The minimum Gasteiger partial charge on any atom is -0.414 e. The van der Waals surface area contributed by atoms with E-state index in [0.717, 1.165) is 47.6 Å². The van der Waals surface area contributed by atoms with Crippen molar-refractivity contribution in [3.8, 4) is 0 Å². The number of hydrogen-bond acceptors (Lipinski definition) is 2. The van der Waals surface area contributed by atoms with Crippen LogP contribution in [0.3, 0.4) is 0 Å². The average Bonchev–Trinajstić information content (AvgIpc) is 3.10. The topological polar surface area (TPSA) is 18.5 Å². The Bertz CT molecular complexity index is 733. The Kier molecular flexibility index (Phi) is 8.15. The molecule has 0 aromatic rings. The predicted molar refractivity (Wildman–Crippen MR) is 151 cm³/mol. The minimum absolute atomic E-state index is 0.403. The van der Waals surface area contributed by atoms with E-state index in [0.29, 0.717) is 17.6 Å². The van der Waals surface area contributed by atoms with Gasteiger partial charge in [-0.1, -0.05) is 19.1 Å². The molecule has 0 amide bonds. The molecule has 4 heteroatoms. The number of allylic oxidation sites excluding steroid dienone is 2. The lowest BCUT2D eigenvalue weighted by Gasteiger charge is -2.57. The van der Waals surface area contributed by atoms with Gasteiger partial charge in [0.05, 0.1) is 0 Å². The van der Waals surface area contributed by atoms with Crippen LogP contribution in [0, 0.1) is 40.9 Å². The summed E-state index contributed by atoms with van der Waals surface area (Å²) in [4.78, 5) is 0. The van der Waals surface area contributed by atoms with Gasteiger partial charge >= 0.3 is 0 Å². The van der Waals surface area contributed by atoms with Crippen LogP contribution in [0.2, 0.25) is 38.3 Å². The molecular formula is C30H54O2Si2. The van der Waals surface area contributed by atoms with Crippen LogP contribution in [0.15, 0.2) is 25.3 Å². The van der Waals surface area contributed by atoms with Crippen molar-refractivity contribution in [3.05, 3.63) is 25.3 Å². The monoisotopic (exact) mass is 502 g/mol. The molecular weight excluding hydrogens is 449 g/mol. The molecule has 34 heavy (non-hydrogen) atoms. The highest BCUT2D eigenvalue weighted by Gasteiger charge is 2.58. The summed E-state index contributed by atoms with van der Waals surface area (Å²) in [6.07, 6.45) is 17.8. The van der Waals surface area contributed by atoms with Gasteiger partial charge in [-0.2, -0.15) is 0 Å².